The van der Waals surface area contributed by atoms with E-state index in [1.807, 2.05) is 30.3 Å². The number of halogens is 1. The Morgan fingerprint density at radius 1 is 0.944 bits per heavy atom. The Morgan fingerprint density at radius 2 is 1.72 bits per heavy atom. The average molecular weight is 237 g/mol. The molecule has 0 bridgehead atoms. The van der Waals surface area contributed by atoms with Crippen molar-refractivity contribution < 1.29 is 9.18 Å². The van der Waals surface area contributed by atoms with Gasteiger partial charge in [0.05, 0.1) is 11.2 Å². The van der Waals surface area contributed by atoms with E-state index in [1.165, 1.54) is 12.1 Å². The molecule has 18 heavy (non-hydrogen) atoms. The molecule has 0 amide bonds. The molecule has 0 fully saturated rings. The van der Waals surface area contributed by atoms with Crippen LogP contribution >= 0.6 is 0 Å². The van der Waals surface area contributed by atoms with Crippen LogP contribution in [0.4, 0.5) is 4.39 Å². The van der Waals surface area contributed by atoms with Gasteiger partial charge in [-0.15, -0.1) is 0 Å². The maximum absolute atomic E-state index is 13.2. The summed E-state index contributed by atoms with van der Waals surface area (Å²) in [6, 6.07) is 13.8. The quantitative estimate of drug-likeness (QED) is 0.459. The van der Waals surface area contributed by atoms with E-state index in [2.05, 4.69) is 0 Å². The molecule has 86 valence electrons. The maximum Gasteiger partial charge on any atom is 0.263 e. The molecule has 1 aliphatic heterocycles. The van der Waals surface area contributed by atoms with E-state index in [0.717, 1.165) is 22.2 Å². The Labute approximate surface area is 102 Å². The van der Waals surface area contributed by atoms with Crippen molar-refractivity contribution in [1.29, 1.82) is 0 Å². The van der Waals surface area contributed by atoms with Crippen molar-refractivity contribution in [1.82, 2.24) is 4.57 Å². The van der Waals surface area contributed by atoms with Crippen LogP contribution in [0.2, 0.25) is 0 Å². The molecule has 0 aliphatic carbocycles. The molecule has 2 nitrogen and oxygen atoms in total. The second-order valence-corrected chi connectivity index (χ2v) is 4.42. The molecular weight excluding hydrogens is 229 g/mol. The number of hydrogen-bond acceptors (Lipinski definition) is 1. The first kappa shape index (κ1) is 9.59. The normalized spacial score (nSPS) is 12.8. The lowest BCUT2D eigenvalue weighted by atomic mass is 10.1. The zero-order chi connectivity index (χ0) is 12.3. The van der Waals surface area contributed by atoms with Gasteiger partial charge in [-0.25, -0.2) is 4.39 Å². The summed E-state index contributed by atoms with van der Waals surface area (Å²) in [6.07, 6.45) is 0. The van der Waals surface area contributed by atoms with Crippen molar-refractivity contribution >= 4 is 16.8 Å². The van der Waals surface area contributed by atoms with Crippen LogP contribution < -0.4 is 0 Å². The second-order valence-electron chi connectivity index (χ2n) is 4.42. The van der Waals surface area contributed by atoms with E-state index < -0.39 is 0 Å². The van der Waals surface area contributed by atoms with Gasteiger partial charge in [0.25, 0.3) is 5.91 Å². The van der Waals surface area contributed by atoms with Gasteiger partial charge in [0.2, 0.25) is 0 Å². The third-order valence-corrected chi connectivity index (χ3v) is 3.40. The van der Waals surface area contributed by atoms with Gasteiger partial charge in [0.15, 0.2) is 0 Å². The molecule has 0 saturated carbocycles. The highest BCUT2D eigenvalue weighted by Crippen LogP contribution is 2.36. The van der Waals surface area contributed by atoms with E-state index in [0.29, 0.717) is 5.56 Å². The third-order valence-electron chi connectivity index (χ3n) is 3.40. The molecule has 4 rings (SSSR count). The fraction of sp³-hybridized carbons (Fsp3) is 0. The third kappa shape index (κ3) is 1.03. The summed E-state index contributed by atoms with van der Waals surface area (Å²) >= 11 is 0. The monoisotopic (exact) mass is 237 g/mol. The number of carbonyl (C=O) groups excluding carboxylic acids is 1. The molecular formula is C15H8FNO. The van der Waals surface area contributed by atoms with Crippen LogP contribution in [0.15, 0.2) is 48.5 Å². The summed E-state index contributed by atoms with van der Waals surface area (Å²) in [4.78, 5) is 12.3. The van der Waals surface area contributed by atoms with E-state index in [1.54, 1.807) is 10.6 Å². The van der Waals surface area contributed by atoms with Crippen molar-refractivity contribution in [3.05, 3.63) is 59.9 Å². The van der Waals surface area contributed by atoms with Crippen molar-refractivity contribution in [3.63, 3.8) is 0 Å². The predicted molar refractivity (Wildman–Crippen MR) is 67.1 cm³/mol. The topological polar surface area (TPSA) is 22.0 Å². The first-order valence-corrected chi connectivity index (χ1v) is 5.71. The number of benzene rings is 2. The van der Waals surface area contributed by atoms with Crippen LogP contribution in [0.3, 0.4) is 0 Å². The average Bonchev–Trinajstić information content (AvgIpc) is 2.87. The second kappa shape index (κ2) is 3.07. The van der Waals surface area contributed by atoms with Gasteiger partial charge in [-0.05, 0) is 30.3 Å². The van der Waals surface area contributed by atoms with Gasteiger partial charge in [-0.2, -0.15) is 0 Å². The summed E-state index contributed by atoms with van der Waals surface area (Å²) in [5.74, 6) is -0.324. The van der Waals surface area contributed by atoms with Crippen LogP contribution in [-0.4, -0.2) is 10.5 Å². The molecule has 0 unspecified atom stereocenters. The molecule has 2 heterocycles. The minimum Gasteiger partial charge on any atom is -0.276 e. The highest BCUT2D eigenvalue weighted by atomic mass is 19.1. The molecule has 3 aromatic rings. The van der Waals surface area contributed by atoms with Gasteiger partial charge >= 0.3 is 0 Å². The Morgan fingerprint density at radius 3 is 2.56 bits per heavy atom. The SMILES string of the molecule is O=C1c2ccccc2-c2cc3cc(F)ccc3n21. The smallest absolute Gasteiger partial charge is 0.263 e. The first-order chi connectivity index (χ1) is 8.75. The van der Waals surface area contributed by atoms with Gasteiger partial charge in [0.1, 0.15) is 5.82 Å². The molecule has 0 saturated heterocycles. The van der Waals surface area contributed by atoms with Crippen molar-refractivity contribution in [3.8, 4) is 11.3 Å². The Hall–Kier alpha value is -2.42. The molecule has 1 aromatic heterocycles. The molecule has 2 aromatic carbocycles. The molecule has 0 radical (unpaired) electrons. The molecule has 1 aliphatic rings. The van der Waals surface area contributed by atoms with Crippen molar-refractivity contribution in [2.24, 2.45) is 0 Å². The van der Waals surface area contributed by atoms with E-state index in [-0.39, 0.29) is 11.7 Å². The largest absolute Gasteiger partial charge is 0.276 e. The summed E-state index contributed by atoms with van der Waals surface area (Å²) in [5.41, 5.74) is 3.22. The van der Waals surface area contributed by atoms with Gasteiger partial charge in [0, 0.05) is 16.5 Å². The fourth-order valence-electron chi connectivity index (χ4n) is 2.62. The Balaban J connectivity index is 2.15. The lowest BCUT2D eigenvalue weighted by Crippen LogP contribution is -2.05. The highest BCUT2D eigenvalue weighted by molar-refractivity contribution is 6.14. The van der Waals surface area contributed by atoms with Gasteiger partial charge < -0.3 is 0 Å². The summed E-state index contributed by atoms with van der Waals surface area (Å²) in [5, 5.41) is 0.757. The minimum absolute atomic E-state index is 0.0396. The first-order valence-electron chi connectivity index (χ1n) is 5.71. The van der Waals surface area contributed by atoms with Crippen LogP contribution in [0.1, 0.15) is 10.4 Å². The lowest BCUT2D eigenvalue weighted by Gasteiger charge is -1.98. The number of fused-ring (bicyclic) bond motifs is 5. The molecule has 0 atom stereocenters. The van der Waals surface area contributed by atoms with E-state index >= 15 is 0 Å². The minimum atomic E-state index is -0.285. The fourth-order valence-corrected chi connectivity index (χ4v) is 2.62. The number of carbonyl (C=O) groups is 1. The van der Waals surface area contributed by atoms with Crippen LogP contribution in [-0.2, 0) is 0 Å². The van der Waals surface area contributed by atoms with Gasteiger partial charge in [-0.1, -0.05) is 18.2 Å². The standard InChI is InChI=1S/C15H8FNO/c16-10-5-6-13-9(7-10)8-14-11-3-1-2-4-12(11)15(18)17(13)14/h1-8H. The molecule has 0 spiro atoms. The zero-order valence-corrected chi connectivity index (χ0v) is 9.35. The van der Waals surface area contributed by atoms with Gasteiger partial charge in [-0.3, -0.25) is 9.36 Å². The Bertz CT molecular complexity index is 816. The lowest BCUT2D eigenvalue weighted by molar-refractivity contribution is 0.0973. The van der Waals surface area contributed by atoms with Crippen molar-refractivity contribution in [2.75, 3.05) is 0 Å². The van der Waals surface area contributed by atoms with E-state index in [9.17, 15) is 9.18 Å². The zero-order valence-electron chi connectivity index (χ0n) is 9.35. The highest BCUT2D eigenvalue weighted by Gasteiger charge is 2.27. The summed E-state index contributed by atoms with van der Waals surface area (Å²) in [6.45, 7) is 0. The predicted octanol–water partition coefficient (Wildman–Crippen LogP) is 3.45. The Kier molecular flexibility index (Phi) is 1.64. The van der Waals surface area contributed by atoms with Crippen LogP contribution in [0, 0.1) is 5.82 Å². The number of nitrogens with zero attached hydrogens (tertiary/aromatic N) is 1. The van der Waals surface area contributed by atoms with Crippen LogP contribution in [0.5, 0.6) is 0 Å². The maximum atomic E-state index is 13.2. The summed E-state index contributed by atoms with van der Waals surface area (Å²) in [7, 11) is 0. The van der Waals surface area contributed by atoms with Crippen molar-refractivity contribution in [2.45, 2.75) is 0 Å². The molecule has 3 heteroatoms. The van der Waals surface area contributed by atoms with E-state index in [4.69, 9.17) is 0 Å². The number of hydrogen-bond donors (Lipinski definition) is 0. The number of rotatable bonds is 0. The summed E-state index contributed by atoms with van der Waals surface area (Å²) < 4.78 is 14.9. The van der Waals surface area contributed by atoms with Crippen LogP contribution in [0.25, 0.3) is 22.2 Å². The number of aromatic nitrogens is 1. The molecule has 0 N–H and O–H groups in total.